The molecular weight excluding hydrogens is 312 g/mol. The van der Waals surface area contributed by atoms with Crippen molar-refractivity contribution in [3.8, 4) is 11.1 Å². The summed E-state index contributed by atoms with van der Waals surface area (Å²) in [5, 5.41) is 6.90. The number of rotatable bonds is 3. The molecule has 1 aromatic heterocycles. The normalized spacial score (nSPS) is 10.7. The second-order valence-electron chi connectivity index (χ2n) is 5.45. The van der Waals surface area contributed by atoms with E-state index in [1.54, 1.807) is 24.9 Å². The highest BCUT2D eigenvalue weighted by atomic mass is 19.1. The topological polar surface area (TPSA) is 46.9 Å². The molecule has 2 aromatic carbocycles. The third-order valence-electron chi connectivity index (χ3n) is 3.64. The number of anilines is 1. The fourth-order valence-corrected chi connectivity index (χ4v) is 2.51. The molecule has 4 nitrogen and oxygen atoms in total. The number of benzene rings is 2. The summed E-state index contributed by atoms with van der Waals surface area (Å²) < 4.78 is 28.3. The predicted octanol–water partition coefficient (Wildman–Crippen LogP) is 3.93. The number of hydrogen-bond acceptors (Lipinski definition) is 2. The van der Waals surface area contributed by atoms with E-state index >= 15 is 0 Å². The molecule has 3 rings (SSSR count). The van der Waals surface area contributed by atoms with E-state index in [4.69, 9.17) is 0 Å². The van der Waals surface area contributed by atoms with Crippen LogP contribution < -0.4 is 5.32 Å². The molecule has 1 N–H and O–H groups in total. The van der Waals surface area contributed by atoms with Gasteiger partial charge in [-0.3, -0.25) is 9.48 Å². The lowest BCUT2D eigenvalue weighted by Crippen LogP contribution is -2.13. The number of hydrogen-bond donors (Lipinski definition) is 1. The second-order valence-corrected chi connectivity index (χ2v) is 5.45. The number of aromatic nitrogens is 2. The van der Waals surface area contributed by atoms with Gasteiger partial charge in [-0.15, -0.1) is 0 Å². The molecule has 0 unspecified atom stereocenters. The van der Waals surface area contributed by atoms with Gasteiger partial charge in [-0.1, -0.05) is 12.1 Å². The summed E-state index contributed by atoms with van der Waals surface area (Å²) in [5.74, 6) is -1.16. The monoisotopic (exact) mass is 327 g/mol. The van der Waals surface area contributed by atoms with Crippen LogP contribution in [0.1, 0.15) is 16.1 Å². The zero-order valence-electron chi connectivity index (χ0n) is 13.2. The van der Waals surface area contributed by atoms with Crippen molar-refractivity contribution < 1.29 is 13.6 Å². The summed E-state index contributed by atoms with van der Waals surface area (Å²) in [6, 6.07) is 9.70. The molecular formula is C18H15F2N3O. The van der Waals surface area contributed by atoms with Gasteiger partial charge in [0, 0.05) is 24.5 Å². The molecule has 3 aromatic rings. The molecule has 0 radical (unpaired) electrons. The molecule has 0 saturated heterocycles. The summed E-state index contributed by atoms with van der Waals surface area (Å²) in [4.78, 5) is 12.5. The van der Waals surface area contributed by atoms with E-state index < -0.39 is 5.82 Å². The van der Waals surface area contributed by atoms with Gasteiger partial charge in [-0.25, -0.2) is 8.78 Å². The van der Waals surface area contributed by atoms with Crippen LogP contribution in [0.25, 0.3) is 11.1 Å². The number of carbonyl (C=O) groups is 1. The van der Waals surface area contributed by atoms with E-state index in [2.05, 4.69) is 10.4 Å². The second kappa shape index (κ2) is 6.23. The third kappa shape index (κ3) is 3.17. The van der Waals surface area contributed by atoms with E-state index in [0.717, 1.165) is 0 Å². The standard InChI is InChI=1S/C18H15F2N3O/c1-11-16(10-23(2)22-11)18(24)21-17-8-7-14(20)9-15(17)12-3-5-13(19)6-4-12/h3-10H,1-2H3,(H,21,24). The molecule has 24 heavy (non-hydrogen) atoms. The largest absolute Gasteiger partial charge is 0.321 e. The highest BCUT2D eigenvalue weighted by molar-refractivity contribution is 6.06. The van der Waals surface area contributed by atoms with Crippen molar-refractivity contribution in [2.75, 3.05) is 5.32 Å². The van der Waals surface area contributed by atoms with E-state index in [0.29, 0.717) is 28.1 Å². The molecule has 6 heteroatoms. The zero-order valence-corrected chi connectivity index (χ0v) is 13.2. The fraction of sp³-hybridized carbons (Fsp3) is 0.111. The van der Waals surface area contributed by atoms with Crippen LogP contribution in [-0.4, -0.2) is 15.7 Å². The van der Waals surface area contributed by atoms with Crippen molar-refractivity contribution in [3.05, 3.63) is 71.6 Å². The first-order valence-corrected chi connectivity index (χ1v) is 7.31. The van der Waals surface area contributed by atoms with Crippen molar-refractivity contribution >= 4 is 11.6 Å². The first-order chi connectivity index (χ1) is 11.4. The lowest BCUT2D eigenvalue weighted by Gasteiger charge is -2.11. The van der Waals surface area contributed by atoms with Crippen molar-refractivity contribution in [1.29, 1.82) is 0 Å². The summed E-state index contributed by atoms with van der Waals surface area (Å²) in [6.45, 7) is 1.74. The van der Waals surface area contributed by atoms with Crippen molar-refractivity contribution in [3.63, 3.8) is 0 Å². The number of carbonyl (C=O) groups excluding carboxylic acids is 1. The molecule has 0 aliphatic carbocycles. The Morgan fingerprint density at radius 3 is 2.38 bits per heavy atom. The zero-order chi connectivity index (χ0) is 17.3. The van der Waals surface area contributed by atoms with Gasteiger partial charge in [0.05, 0.1) is 11.3 Å². The van der Waals surface area contributed by atoms with E-state index in [1.807, 2.05) is 0 Å². The molecule has 122 valence electrons. The number of nitrogens with one attached hydrogen (secondary N) is 1. The molecule has 0 bridgehead atoms. The molecule has 1 amide bonds. The van der Waals surface area contributed by atoms with Gasteiger partial charge in [0.25, 0.3) is 5.91 Å². The predicted molar refractivity (Wildman–Crippen MR) is 87.7 cm³/mol. The van der Waals surface area contributed by atoms with Gasteiger partial charge in [-0.2, -0.15) is 5.10 Å². The molecule has 0 aliphatic rings. The van der Waals surface area contributed by atoms with Crippen molar-refractivity contribution in [2.45, 2.75) is 6.92 Å². The average Bonchev–Trinajstić information content (AvgIpc) is 2.88. The van der Waals surface area contributed by atoms with Crippen LogP contribution in [0.15, 0.2) is 48.7 Å². The SMILES string of the molecule is Cc1nn(C)cc1C(=O)Nc1ccc(F)cc1-c1ccc(F)cc1. The molecule has 0 spiro atoms. The van der Waals surface area contributed by atoms with Crippen LogP contribution in [0.5, 0.6) is 0 Å². The highest BCUT2D eigenvalue weighted by Crippen LogP contribution is 2.29. The summed E-state index contributed by atoms with van der Waals surface area (Å²) >= 11 is 0. The number of aryl methyl sites for hydroxylation is 2. The van der Waals surface area contributed by atoms with Crippen molar-refractivity contribution in [2.24, 2.45) is 7.05 Å². The smallest absolute Gasteiger partial charge is 0.259 e. The quantitative estimate of drug-likeness (QED) is 0.792. The Labute approximate surface area is 137 Å². The van der Waals surface area contributed by atoms with Gasteiger partial charge in [0.1, 0.15) is 11.6 Å². The Hall–Kier alpha value is -3.02. The Morgan fingerprint density at radius 1 is 1.08 bits per heavy atom. The minimum Gasteiger partial charge on any atom is -0.321 e. The lowest BCUT2D eigenvalue weighted by atomic mass is 10.0. The minimum atomic E-state index is -0.440. The first kappa shape index (κ1) is 15.9. The molecule has 0 atom stereocenters. The molecule has 0 saturated carbocycles. The van der Waals surface area contributed by atoms with Gasteiger partial charge in [0.15, 0.2) is 0 Å². The van der Waals surface area contributed by atoms with E-state index in [1.165, 1.54) is 42.5 Å². The summed E-state index contributed by atoms with van der Waals surface area (Å²) in [6.07, 6.45) is 1.62. The molecule has 0 fully saturated rings. The lowest BCUT2D eigenvalue weighted by molar-refractivity contribution is 0.102. The van der Waals surface area contributed by atoms with Crippen LogP contribution in [-0.2, 0) is 7.05 Å². The molecule has 1 heterocycles. The van der Waals surface area contributed by atoms with Crippen LogP contribution in [0.4, 0.5) is 14.5 Å². The highest BCUT2D eigenvalue weighted by Gasteiger charge is 2.15. The number of amides is 1. The van der Waals surface area contributed by atoms with E-state index in [9.17, 15) is 13.6 Å². The Bertz CT molecular complexity index is 901. The van der Waals surface area contributed by atoms with Gasteiger partial charge in [-0.05, 0) is 42.8 Å². The maximum Gasteiger partial charge on any atom is 0.259 e. The summed E-state index contributed by atoms with van der Waals surface area (Å²) in [7, 11) is 1.73. The Balaban J connectivity index is 1.98. The van der Waals surface area contributed by atoms with E-state index in [-0.39, 0.29) is 11.7 Å². The first-order valence-electron chi connectivity index (χ1n) is 7.31. The van der Waals surface area contributed by atoms with Crippen LogP contribution in [0.2, 0.25) is 0 Å². The number of halogens is 2. The fourth-order valence-electron chi connectivity index (χ4n) is 2.51. The third-order valence-corrected chi connectivity index (χ3v) is 3.64. The van der Waals surface area contributed by atoms with Crippen LogP contribution in [0, 0.1) is 18.6 Å². The maximum atomic E-state index is 13.6. The average molecular weight is 327 g/mol. The van der Waals surface area contributed by atoms with Crippen molar-refractivity contribution in [1.82, 2.24) is 9.78 Å². The van der Waals surface area contributed by atoms with Gasteiger partial charge >= 0.3 is 0 Å². The molecule has 0 aliphatic heterocycles. The van der Waals surface area contributed by atoms with Gasteiger partial charge < -0.3 is 5.32 Å². The Kier molecular flexibility index (Phi) is 4.12. The minimum absolute atomic E-state index is 0.337. The van der Waals surface area contributed by atoms with Crippen LogP contribution >= 0.6 is 0 Å². The van der Waals surface area contributed by atoms with Crippen LogP contribution in [0.3, 0.4) is 0 Å². The summed E-state index contributed by atoms with van der Waals surface area (Å²) in [5.41, 5.74) is 2.56. The van der Waals surface area contributed by atoms with Gasteiger partial charge in [0.2, 0.25) is 0 Å². The Morgan fingerprint density at radius 2 is 1.75 bits per heavy atom. The number of nitrogens with zero attached hydrogens (tertiary/aromatic N) is 2. The maximum absolute atomic E-state index is 13.6.